The van der Waals surface area contributed by atoms with Crippen molar-refractivity contribution in [3.63, 3.8) is 0 Å². The molecule has 2 atom stereocenters. The van der Waals surface area contributed by atoms with Crippen molar-refractivity contribution in [3.05, 3.63) is 0 Å². The van der Waals surface area contributed by atoms with Crippen molar-refractivity contribution in [1.82, 2.24) is 0 Å². The quantitative estimate of drug-likeness (QED) is 0.654. The Labute approximate surface area is 87.7 Å². The lowest BCUT2D eigenvalue weighted by molar-refractivity contribution is -0.123. The van der Waals surface area contributed by atoms with Gasteiger partial charge in [0, 0.05) is 12.3 Å². The third-order valence-corrected chi connectivity index (χ3v) is 2.64. The van der Waals surface area contributed by atoms with Gasteiger partial charge < -0.3 is 5.11 Å². The van der Waals surface area contributed by atoms with Crippen molar-refractivity contribution in [2.75, 3.05) is 0 Å². The summed E-state index contributed by atoms with van der Waals surface area (Å²) in [4.78, 5) is 11.5. The maximum atomic E-state index is 11.5. The summed E-state index contributed by atoms with van der Waals surface area (Å²) >= 11 is 0. The summed E-state index contributed by atoms with van der Waals surface area (Å²) in [6.45, 7) is 5.85. The van der Waals surface area contributed by atoms with E-state index in [1.54, 1.807) is 6.92 Å². The molecule has 0 rings (SSSR count). The zero-order chi connectivity index (χ0) is 11.0. The Kier molecular flexibility index (Phi) is 7.77. The van der Waals surface area contributed by atoms with E-state index in [-0.39, 0.29) is 12.0 Å². The summed E-state index contributed by atoms with van der Waals surface area (Å²) in [7, 11) is 0. The number of aliphatic hydroxyl groups is 1. The maximum absolute atomic E-state index is 11.5. The number of aliphatic hydroxyl groups excluding tert-OH is 1. The normalized spacial score (nSPS) is 15.1. The third-order valence-electron chi connectivity index (χ3n) is 2.64. The Morgan fingerprint density at radius 1 is 1.21 bits per heavy atom. The number of ketones is 1. The fourth-order valence-electron chi connectivity index (χ4n) is 1.65. The predicted octanol–water partition coefficient (Wildman–Crippen LogP) is 2.93. The van der Waals surface area contributed by atoms with Crippen LogP contribution in [0.4, 0.5) is 0 Å². The Balaban J connectivity index is 3.90. The lowest BCUT2D eigenvalue weighted by Crippen LogP contribution is -2.15. The van der Waals surface area contributed by atoms with Crippen LogP contribution in [0.1, 0.15) is 59.3 Å². The number of hydrogen-bond donors (Lipinski definition) is 1. The lowest BCUT2D eigenvalue weighted by atomic mass is 9.90. The van der Waals surface area contributed by atoms with Gasteiger partial charge in [-0.05, 0) is 26.2 Å². The molecule has 0 spiro atoms. The average molecular weight is 200 g/mol. The van der Waals surface area contributed by atoms with Crippen molar-refractivity contribution in [1.29, 1.82) is 0 Å². The molecule has 0 aromatic heterocycles. The molecule has 0 aliphatic rings. The molecule has 0 aromatic rings. The standard InChI is InChI=1S/C12H24O2/c1-4-6-7-11(12(14)5-2)9-8-10(3)13/h10-11,13H,4-9H2,1-3H3. The van der Waals surface area contributed by atoms with Gasteiger partial charge in [0.2, 0.25) is 0 Å². The van der Waals surface area contributed by atoms with Gasteiger partial charge in [-0.25, -0.2) is 0 Å². The summed E-state index contributed by atoms with van der Waals surface area (Å²) in [6, 6.07) is 0. The molecule has 0 saturated carbocycles. The minimum atomic E-state index is -0.274. The fourth-order valence-corrected chi connectivity index (χ4v) is 1.65. The molecule has 0 aliphatic heterocycles. The van der Waals surface area contributed by atoms with Crippen molar-refractivity contribution < 1.29 is 9.90 Å². The number of carbonyl (C=O) groups is 1. The second-order valence-corrected chi connectivity index (χ2v) is 4.09. The van der Waals surface area contributed by atoms with Gasteiger partial charge in [-0.3, -0.25) is 4.79 Å². The Bertz CT molecular complexity index is 152. The summed E-state index contributed by atoms with van der Waals surface area (Å²) in [5, 5.41) is 9.17. The first-order valence-electron chi connectivity index (χ1n) is 5.82. The van der Waals surface area contributed by atoms with Gasteiger partial charge in [-0.2, -0.15) is 0 Å². The highest BCUT2D eigenvalue weighted by atomic mass is 16.3. The van der Waals surface area contributed by atoms with Crippen molar-refractivity contribution in [2.24, 2.45) is 5.92 Å². The van der Waals surface area contributed by atoms with Crippen molar-refractivity contribution >= 4 is 5.78 Å². The van der Waals surface area contributed by atoms with Crippen LogP contribution >= 0.6 is 0 Å². The van der Waals surface area contributed by atoms with E-state index in [1.165, 1.54) is 0 Å². The summed E-state index contributed by atoms with van der Waals surface area (Å²) in [5.41, 5.74) is 0. The van der Waals surface area contributed by atoms with E-state index in [0.29, 0.717) is 12.2 Å². The second kappa shape index (κ2) is 7.98. The summed E-state index contributed by atoms with van der Waals surface area (Å²) in [5.74, 6) is 0.550. The largest absolute Gasteiger partial charge is 0.393 e. The molecule has 14 heavy (non-hydrogen) atoms. The van der Waals surface area contributed by atoms with Crippen LogP contribution in [0.2, 0.25) is 0 Å². The molecule has 84 valence electrons. The Morgan fingerprint density at radius 2 is 1.86 bits per heavy atom. The minimum absolute atomic E-state index is 0.189. The van der Waals surface area contributed by atoms with E-state index in [9.17, 15) is 4.79 Å². The highest BCUT2D eigenvalue weighted by molar-refractivity contribution is 5.80. The zero-order valence-corrected chi connectivity index (χ0v) is 9.75. The van der Waals surface area contributed by atoms with E-state index >= 15 is 0 Å². The molecule has 1 N–H and O–H groups in total. The molecule has 0 fully saturated rings. The van der Waals surface area contributed by atoms with E-state index in [0.717, 1.165) is 32.1 Å². The van der Waals surface area contributed by atoms with Crippen LogP contribution in [0.15, 0.2) is 0 Å². The van der Waals surface area contributed by atoms with E-state index in [2.05, 4.69) is 6.92 Å². The SMILES string of the molecule is CCCCC(CCC(C)O)C(=O)CC. The fraction of sp³-hybridized carbons (Fsp3) is 0.917. The van der Waals surface area contributed by atoms with E-state index in [4.69, 9.17) is 5.11 Å². The molecule has 2 nitrogen and oxygen atoms in total. The van der Waals surface area contributed by atoms with Crippen LogP contribution in [-0.4, -0.2) is 17.0 Å². The molecule has 0 aliphatic carbocycles. The van der Waals surface area contributed by atoms with Crippen LogP contribution < -0.4 is 0 Å². The number of rotatable bonds is 8. The highest BCUT2D eigenvalue weighted by Gasteiger charge is 2.16. The maximum Gasteiger partial charge on any atom is 0.135 e. The van der Waals surface area contributed by atoms with E-state index < -0.39 is 0 Å². The minimum Gasteiger partial charge on any atom is -0.393 e. The second-order valence-electron chi connectivity index (χ2n) is 4.09. The highest BCUT2D eigenvalue weighted by Crippen LogP contribution is 2.18. The van der Waals surface area contributed by atoms with Crippen molar-refractivity contribution in [3.8, 4) is 0 Å². The molecule has 0 aromatic carbocycles. The van der Waals surface area contributed by atoms with Gasteiger partial charge in [0.15, 0.2) is 0 Å². The van der Waals surface area contributed by atoms with Gasteiger partial charge in [0.05, 0.1) is 6.10 Å². The smallest absolute Gasteiger partial charge is 0.135 e. The molecule has 2 unspecified atom stereocenters. The van der Waals surface area contributed by atoms with Crippen LogP contribution in [0.25, 0.3) is 0 Å². The summed E-state index contributed by atoms with van der Waals surface area (Å²) in [6.07, 6.45) is 5.22. The molecule has 0 bridgehead atoms. The number of carbonyl (C=O) groups excluding carboxylic acids is 1. The number of unbranched alkanes of at least 4 members (excludes halogenated alkanes) is 1. The lowest BCUT2D eigenvalue weighted by Gasteiger charge is -2.15. The topological polar surface area (TPSA) is 37.3 Å². The van der Waals surface area contributed by atoms with Crippen LogP contribution in [0.3, 0.4) is 0 Å². The van der Waals surface area contributed by atoms with Gasteiger partial charge in [-0.15, -0.1) is 0 Å². The molecule has 0 radical (unpaired) electrons. The molecule has 0 heterocycles. The Morgan fingerprint density at radius 3 is 2.29 bits per heavy atom. The van der Waals surface area contributed by atoms with Gasteiger partial charge in [0.1, 0.15) is 5.78 Å². The number of hydrogen-bond acceptors (Lipinski definition) is 2. The van der Waals surface area contributed by atoms with Gasteiger partial charge in [0.25, 0.3) is 0 Å². The summed E-state index contributed by atoms with van der Waals surface area (Å²) < 4.78 is 0. The van der Waals surface area contributed by atoms with Gasteiger partial charge >= 0.3 is 0 Å². The Hall–Kier alpha value is -0.370. The van der Waals surface area contributed by atoms with Crippen LogP contribution in [0.5, 0.6) is 0 Å². The van der Waals surface area contributed by atoms with Gasteiger partial charge in [-0.1, -0.05) is 26.7 Å². The zero-order valence-electron chi connectivity index (χ0n) is 9.75. The first-order valence-corrected chi connectivity index (χ1v) is 5.82. The van der Waals surface area contributed by atoms with Crippen LogP contribution in [-0.2, 0) is 4.79 Å². The molecular formula is C12H24O2. The molecule has 2 heteroatoms. The first kappa shape index (κ1) is 13.6. The molecule has 0 amide bonds. The predicted molar refractivity (Wildman–Crippen MR) is 59.2 cm³/mol. The number of Topliss-reactive ketones (excluding diaryl/α,β-unsaturated/α-hetero) is 1. The first-order chi connectivity index (χ1) is 6.61. The molecule has 0 saturated heterocycles. The van der Waals surface area contributed by atoms with Crippen molar-refractivity contribution in [2.45, 2.75) is 65.4 Å². The molecular weight excluding hydrogens is 176 g/mol. The average Bonchev–Trinajstić information content (AvgIpc) is 2.16. The monoisotopic (exact) mass is 200 g/mol. The van der Waals surface area contributed by atoms with Crippen LogP contribution in [0, 0.1) is 5.92 Å². The third kappa shape index (κ3) is 6.14. The van der Waals surface area contributed by atoms with E-state index in [1.807, 2.05) is 6.92 Å².